The lowest BCUT2D eigenvalue weighted by molar-refractivity contribution is -0.118. The van der Waals surface area contributed by atoms with Crippen LogP contribution in [0.15, 0.2) is 60.7 Å². The molecule has 206 valence electrons. The van der Waals surface area contributed by atoms with Crippen LogP contribution in [0.5, 0.6) is 0 Å². The monoisotopic (exact) mass is 575 g/mol. The van der Waals surface area contributed by atoms with Gasteiger partial charge in [-0.25, -0.2) is 13.2 Å². The van der Waals surface area contributed by atoms with E-state index in [1.807, 2.05) is 20.8 Å². The quantitative estimate of drug-likeness (QED) is 0.331. The normalized spacial score (nSPS) is 20.5. The lowest BCUT2D eigenvalue weighted by atomic mass is 9.77. The van der Waals surface area contributed by atoms with Gasteiger partial charge in [-0.15, -0.1) is 0 Å². The summed E-state index contributed by atoms with van der Waals surface area (Å²) in [6, 6.07) is 15.9. The van der Waals surface area contributed by atoms with Crippen LogP contribution < -0.4 is 10.6 Å². The van der Waals surface area contributed by atoms with Crippen molar-refractivity contribution < 1.29 is 18.0 Å². The van der Waals surface area contributed by atoms with Gasteiger partial charge in [0.15, 0.2) is 0 Å². The van der Waals surface area contributed by atoms with Crippen molar-refractivity contribution in [1.82, 2.24) is 5.32 Å². The smallest absolute Gasteiger partial charge is 0.242 e. The molecule has 4 rings (SSSR count). The highest BCUT2D eigenvalue weighted by atomic mass is 35.5. The molecule has 1 aliphatic rings. The lowest BCUT2D eigenvalue weighted by Crippen LogP contribution is -2.42. The molecule has 0 saturated carbocycles. The Morgan fingerprint density at radius 2 is 1.74 bits per heavy atom. The maximum atomic E-state index is 14.9. The first-order valence-corrected chi connectivity index (χ1v) is 13.1. The van der Waals surface area contributed by atoms with Crippen LogP contribution >= 0.6 is 23.2 Å². The summed E-state index contributed by atoms with van der Waals surface area (Å²) in [7, 11) is 0. The van der Waals surface area contributed by atoms with E-state index in [2.05, 4.69) is 16.7 Å². The summed E-state index contributed by atoms with van der Waals surface area (Å²) < 4.78 is 41.3. The summed E-state index contributed by atoms with van der Waals surface area (Å²) in [4.78, 5) is 13.2. The number of carbonyl (C=O) groups is 1. The van der Waals surface area contributed by atoms with Gasteiger partial charge in [-0.2, -0.15) is 5.26 Å². The number of benzene rings is 3. The van der Waals surface area contributed by atoms with Crippen molar-refractivity contribution in [3.8, 4) is 6.07 Å². The van der Waals surface area contributed by atoms with E-state index in [0.29, 0.717) is 11.4 Å². The van der Waals surface area contributed by atoms with E-state index in [1.165, 1.54) is 30.3 Å². The highest BCUT2D eigenvalue weighted by Crippen LogP contribution is 2.42. The fraction of sp³-hybridized carbons (Fsp3) is 0.333. The molecule has 3 unspecified atom stereocenters. The molecular formula is C30H30Cl2F3N3O. The molecule has 4 atom stereocenters. The van der Waals surface area contributed by atoms with E-state index in [9.17, 15) is 23.2 Å². The van der Waals surface area contributed by atoms with Crippen LogP contribution in [-0.4, -0.2) is 18.0 Å². The molecule has 0 bridgehead atoms. The van der Waals surface area contributed by atoms with Gasteiger partial charge in [0.2, 0.25) is 5.91 Å². The zero-order valence-electron chi connectivity index (χ0n) is 22.0. The Labute approximate surface area is 237 Å². The molecule has 1 aliphatic heterocycles. The number of rotatable bonds is 4. The van der Waals surface area contributed by atoms with E-state index < -0.39 is 35.4 Å². The van der Waals surface area contributed by atoms with E-state index in [0.717, 1.165) is 5.56 Å². The third-order valence-electron chi connectivity index (χ3n) is 6.35. The molecule has 2 N–H and O–H groups in total. The van der Waals surface area contributed by atoms with Crippen LogP contribution in [0.3, 0.4) is 0 Å². The first kappa shape index (κ1) is 30.5. The van der Waals surface area contributed by atoms with Gasteiger partial charge in [0, 0.05) is 17.0 Å². The molecule has 0 spiro atoms. The van der Waals surface area contributed by atoms with Crippen LogP contribution in [0, 0.1) is 47.0 Å². The predicted molar refractivity (Wildman–Crippen MR) is 149 cm³/mol. The fourth-order valence-corrected chi connectivity index (χ4v) is 5.05. The Morgan fingerprint density at radius 1 is 1.05 bits per heavy atom. The number of aryl methyl sites for hydroxylation is 1. The molecule has 1 fully saturated rings. The third kappa shape index (κ3) is 7.98. The first-order chi connectivity index (χ1) is 18.3. The summed E-state index contributed by atoms with van der Waals surface area (Å²) in [5.74, 6) is -3.46. The Kier molecular flexibility index (Phi) is 10.1. The van der Waals surface area contributed by atoms with Gasteiger partial charge in [0.25, 0.3) is 0 Å². The van der Waals surface area contributed by atoms with Crippen molar-refractivity contribution in [3.05, 3.63) is 99.3 Å². The summed E-state index contributed by atoms with van der Waals surface area (Å²) in [6.07, 6.45) is 0.604. The molecule has 9 heteroatoms. The van der Waals surface area contributed by atoms with Gasteiger partial charge in [0.1, 0.15) is 17.5 Å². The SMILES string of the molecule is Cc1ccc(NC(=O)[C@@H]2NC(CC(C)(C)C)C(C#N)C2c2cccc(Cl)c2F)c(F)c1.Fc1cccc(Cl)c1. The summed E-state index contributed by atoms with van der Waals surface area (Å²) in [6.45, 7) is 7.85. The Balaban J connectivity index is 0.000000449. The van der Waals surface area contributed by atoms with Crippen LogP contribution in [0.1, 0.15) is 44.2 Å². The number of carbonyl (C=O) groups excluding carboxylic acids is 1. The molecule has 1 heterocycles. The summed E-state index contributed by atoms with van der Waals surface area (Å²) in [5, 5.41) is 16.1. The average Bonchev–Trinajstić information content (AvgIpc) is 3.19. The molecule has 0 radical (unpaired) electrons. The number of amides is 1. The second-order valence-electron chi connectivity index (χ2n) is 10.8. The van der Waals surface area contributed by atoms with E-state index in [1.54, 1.807) is 37.3 Å². The standard InChI is InChI=1S/C24H26ClF2N3O.C6H4ClF/c1-13-8-9-18(17(26)10-13)30-23(31)22-20(14-6-5-7-16(25)21(14)27)15(12-28)19(29-22)11-24(2,3)4;7-5-2-1-3-6(8)4-5/h5-10,15,19-20,22,29H,11H2,1-4H3,(H,30,31);1-4H/t15?,19?,20?,22-;/m1./s1. The van der Waals surface area contributed by atoms with Gasteiger partial charge in [-0.05, 0) is 66.3 Å². The van der Waals surface area contributed by atoms with Crippen molar-refractivity contribution in [3.63, 3.8) is 0 Å². The van der Waals surface area contributed by atoms with Gasteiger partial charge < -0.3 is 10.6 Å². The number of nitrogens with zero attached hydrogens (tertiary/aromatic N) is 1. The second kappa shape index (κ2) is 12.9. The van der Waals surface area contributed by atoms with Gasteiger partial charge in [-0.1, -0.05) is 68.2 Å². The predicted octanol–water partition coefficient (Wildman–Crippen LogP) is 8.04. The minimum atomic E-state index is -0.925. The van der Waals surface area contributed by atoms with Gasteiger partial charge in [0.05, 0.1) is 28.7 Å². The molecule has 3 aromatic carbocycles. The lowest BCUT2D eigenvalue weighted by Gasteiger charge is -2.25. The first-order valence-electron chi connectivity index (χ1n) is 12.4. The van der Waals surface area contributed by atoms with Gasteiger partial charge in [-0.3, -0.25) is 4.79 Å². The molecule has 4 nitrogen and oxygen atoms in total. The number of hydrogen-bond donors (Lipinski definition) is 2. The second-order valence-corrected chi connectivity index (χ2v) is 11.6. The maximum Gasteiger partial charge on any atom is 0.242 e. The molecule has 3 aromatic rings. The number of nitriles is 1. The number of anilines is 1. The van der Waals surface area contributed by atoms with Crippen molar-refractivity contribution in [1.29, 1.82) is 5.26 Å². The zero-order chi connectivity index (χ0) is 28.9. The highest BCUT2D eigenvalue weighted by Gasteiger charge is 2.49. The van der Waals surface area contributed by atoms with Crippen LogP contribution in [0.2, 0.25) is 10.0 Å². The fourth-order valence-electron chi connectivity index (χ4n) is 4.69. The molecular weight excluding hydrogens is 546 g/mol. The molecule has 1 amide bonds. The Morgan fingerprint density at radius 3 is 2.31 bits per heavy atom. The summed E-state index contributed by atoms with van der Waals surface area (Å²) in [5.41, 5.74) is 0.838. The maximum absolute atomic E-state index is 14.9. The molecule has 1 saturated heterocycles. The highest BCUT2D eigenvalue weighted by molar-refractivity contribution is 6.31. The Bertz CT molecular complexity index is 1350. The van der Waals surface area contributed by atoms with Crippen LogP contribution in [0.25, 0.3) is 0 Å². The van der Waals surface area contributed by atoms with Crippen molar-refractivity contribution in [2.24, 2.45) is 11.3 Å². The largest absolute Gasteiger partial charge is 0.322 e. The average molecular weight is 576 g/mol. The van der Waals surface area contributed by atoms with Crippen LogP contribution in [0.4, 0.5) is 18.9 Å². The molecule has 39 heavy (non-hydrogen) atoms. The number of halogens is 5. The third-order valence-corrected chi connectivity index (χ3v) is 6.87. The summed E-state index contributed by atoms with van der Waals surface area (Å²) >= 11 is 11.4. The topological polar surface area (TPSA) is 64.9 Å². The van der Waals surface area contributed by atoms with Crippen molar-refractivity contribution in [2.75, 3.05) is 5.32 Å². The Hall–Kier alpha value is -3.05. The van der Waals surface area contributed by atoms with Crippen LogP contribution in [-0.2, 0) is 4.79 Å². The number of nitrogens with one attached hydrogen (secondary N) is 2. The minimum Gasteiger partial charge on any atom is -0.322 e. The molecule has 0 aliphatic carbocycles. The van der Waals surface area contributed by atoms with Gasteiger partial charge >= 0.3 is 0 Å². The van der Waals surface area contributed by atoms with Crippen molar-refractivity contribution >= 4 is 34.8 Å². The zero-order valence-corrected chi connectivity index (χ0v) is 23.5. The number of hydrogen-bond acceptors (Lipinski definition) is 3. The van der Waals surface area contributed by atoms with Crippen molar-refractivity contribution in [2.45, 2.75) is 52.1 Å². The van der Waals surface area contributed by atoms with E-state index in [4.69, 9.17) is 23.2 Å². The molecule has 0 aromatic heterocycles. The van der Waals surface area contributed by atoms with E-state index >= 15 is 0 Å². The minimum absolute atomic E-state index is 0.0375. The van der Waals surface area contributed by atoms with E-state index in [-0.39, 0.29) is 33.5 Å².